The van der Waals surface area contributed by atoms with Gasteiger partial charge in [-0.2, -0.15) is 5.10 Å². The number of aromatic nitrogens is 2. The van der Waals surface area contributed by atoms with Crippen molar-refractivity contribution >= 4 is 23.1 Å². The average Bonchev–Trinajstić information content (AvgIpc) is 2.83. The molecule has 0 fully saturated rings. The van der Waals surface area contributed by atoms with E-state index in [1.54, 1.807) is 6.08 Å². The number of benzene rings is 1. The minimum absolute atomic E-state index is 0.104. The van der Waals surface area contributed by atoms with Crippen molar-refractivity contribution in [2.45, 2.75) is 34.2 Å². The quantitative estimate of drug-likeness (QED) is 0.804. The second-order valence-corrected chi connectivity index (χ2v) is 6.67. The van der Waals surface area contributed by atoms with Gasteiger partial charge in [0.1, 0.15) is 0 Å². The highest BCUT2D eigenvalue weighted by Gasteiger charge is 2.09. The molecule has 1 amide bonds. The number of allylic oxidation sites excluding steroid dienone is 1. The molecule has 0 aliphatic heterocycles. The second kappa shape index (κ2) is 8.15. The smallest absolute Gasteiger partial charge is 0.244 e. The molecule has 1 unspecified atom stereocenters. The van der Waals surface area contributed by atoms with Crippen LogP contribution in [0.5, 0.6) is 0 Å². The molecule has 0 aliphatic carbocycles. The standard InChI is InChI=1S/C19H24ClN3O/c1-13(12-23-16(4)10-15(3)22-23)11-21-19(24)9-14(2)17-7-5-6-8-18(17)20/h5-10,13H,11-12H2,1-4H3,(H,21,24)/b14-9-. The Hall–Kier alpha value is -2.07. The van der Waals surface area contributed by atoms with Gasteiger partial charge < -0.3 is 5.32 Å². The first-order valence-electron chi connectivity index (χ1n) is 8.09. The summed E-state index contributed by atoms with van der Waals surface area (Å²) < 4.78 is 1.98. The molecular formula is C19H24ClN3O. The number of amides is 1. The third-order valence-electron chi connectivity index (χ3n) is 3.86. The zero-order chi connectivity index (χ0) is 17.7. The average molecular weight is 346 g/mol. The molecule has 2 aromatic rings. The molecule has 4 nitrogen and oxygen atoms in total. The maximum atomic E-state index is 12.1. The summed E-state index contributed by atoms with van der Waals surface area (Å²) in [6.07, 6.45) is 1.59. The molecule has 0 aliphatic rings. The Labute approximate surface area is 148 Å². The number of aryl methyl sites for hydroxylation is 2. The lowest BCUT2D eigenvalue weighted by Crippen LogP contribution is -2.29. The lowest BCUT2D eigenvalue weighted by atomic mass is 10.1. The number of hydrogen-bond acceptors (Lipinski definition) is 2. The Morgan fingerprint density at radius 1 is 1.38 bits per heavy atom. The Morgan fingerprint density at radius 3 is 2.71 bits per heavy atom. The van der Waals surface area contributed by atoms with Gasteiger partial charge in [-0.25, -0.2) is 0 Å². The highest BCUT2D eigenvalue weighted by Crippen LogP contribution is 2.22. The lowest BCUT2D eigenvalue weighted by Gasteiger charge is -2.13. The number of nitrogens with one attached hydrogen (secondary N) is 1. The van der Waals surface area contributed by atoms with Crippen molar-refractivity contribution in [1.82, 2.24) is 15.1 Å². The zero-order valence-corrected chi connectivity index (χ0v) is 15.4. The van der Waals surface area contributed by atoms with E-state index in [1.165, 1.54) is 0 Å². The molecule has 0 saturated carbocycles. The Kier molecular flexibility index (Phi) is 6.21. The molecular weight excluding hydrogens is 322 g/mol. The van der Waals surface area contributed by atoms with Gasteiger partial charge in [-0.05, 0) is 50.0 Å². The van der Waals surface area contributed by atoms with Crippen molar-refractivity contribution in [3.8, 4) is 0 Å². The van der Waals surface area contributed by atoms with Crippen LogP contribution in [0, 0.1) is 19.8 Å². The Morgan fingerprint density at radius 2 is 2.08 bits per heavy atom. The summed E-state index contributed by atoms with van der Waals surface area (Å²) >= 11 is 6.15. The predicted octanol–water partition coefficient (Wildman–Crippen LogP) is 4.01. The third-order valence-corrected chi connectivity index (χ3v) is 4.19. The first-order chi connectivity index (χ1) is 11.4. The highest BCUT2D eigenvalue weighted by molar-refractivity contribution is 6.32. The van der Waals surface area contributed by atoms with Crippen molar-refractivity contribution in [2.75, 3.05) is 6.54 Å². The molecule has 1 aromatic heterocycles. The Balaban J connectivity index is 1.89. The van der Waals surface area contributed by atoms with Crippen LogP contribution >= 0.6 is 11.6 Å². The van der Waals surface area contributed by atoms with Crippen LogP contribution in [0.15, 0.2) is 36.4 Å². The molecule has 0 bridgehead atoms. The van der Waals surface area contributed by atoms with E-state index in [9.17, 15) is 4.79 Å². The highest BCUT2D eigenvalue weighted by atomic mass is 35.5. The fourth-order valence-electron chi connectivity index (χ4n) is 2.60. The number of carbonyl (C=O) groups is 1. The zero-order valence-electron chi connectivity index (χ0n) is 14.6. The van der Waals surface area contributed by atoms with Crippen molar-refractivity contribution in [3.63, 3.8) is 0 Å². The van der Waals surface area contributed by atoms with E-state index in [1.807, 2.05) is 49.7 Å². The van der Waals surface area contributed by atoms with Gasteiger partial charge in [0.05, 0.1) is 5.69 Å². The van der Waals surface area contributed by atoms with Crippen molar-refractivity contribution in [2.24, 2.45) is 5.92 Å². The van der Waals surface area contributed by atoms with Gasteiger partial charge in [0.15, 0.2) is 0 Å². The van der Waals surface area contributed by atoms with Gasteiger partial charge in [0, 0.05) is 29.9 Å². The van der Waals surface area contributed by atoms with Gasteiger partial charge in [-0.15, -0.1) is 0 Å². The van der Waals surface area contributed by atoms with E-state index >= 15 is 0 Å². The number of hydrogen-bond donors (Lipinski definition) is 1. The maximum absolute atomic E-state index is 12.1. The van der Waals surface area contributed by atoms with Crippen molar-refractivity contribution < 1.29 is 4.79 Å². The minimum Gasteiger partial charge on any atom is -0.352 e. The molecule has 24 heavy (non-hydrogen) atoms. The van der Waals surface area contributed by atoms with E-state index in [2.05, 4.69) is 23.4 Å². The van der Waals surface area contributed by atoms with E-state index in [-0.39, 0.29) is 5.91 Å². The summed E-state index contributed by atoms with van der Waals surface area (Å²) in [6, 6.07) is 9.57. The molecule has 1 heterocycles. The van der Waals surface area contributed by atoms with Crippen molar-refractivity contribution in [3.05, 3.63) is 58.4 Å². The lowest BCUT2D eigenvalue weighted by molar-refractivity contribution is -0.116. The Bertz CT molecular complexity index is 749. The van der Waals surface area contributed by atoms with E-state index in [0.29, 0.717) is 17.5 Å². The van der Waals surface area contributed by atoms with E-state index in [0.717, 1.165) is 29.1 Å². The summed E-state index contributed by atoms with van der Waals surface area (Å²) in [7, 11) is 0. The van der Waals surface area contributed by atoms with Gasteiger partial charge in [-0.3, -0.25) is 9.48 Å². The van der Waals surface area contributed by atoms with Gasteiger partial charge in [0.2, 0.25) is 5.91 Å². The molecule has 1 atom stereocenters. The second-order valence-electron chi connectivity index (χ2n) is 6.27. The summed E-state index contributed by atoms with van der Waals surface area (Å²) in [4.78, 5) is 12.1. The van der Waals surface area contributed by atoms with Crippen LogP contribution in [0.25, 0.3) is 5.57 Å². The topological polar surface area (TPSA) is 46.9 Å². The predicted molar refractivity (Wildman–Crippen MR) is 99.0 cm³/mol. The van der Waals surface area contributed by atoms with Gasteiger partial charge in [-0.1, -0.05) is 36.7 Å². The minimum atomic E-state index is -0.104. The number of halogens is 1. The molecule has 0 radical (unpaired) electrons. The summed E-state index contributed by atoms with van der Waals surface area (Å²) in [5, 5.41) is 8.05. The van der Waals surface area contributed by atoms with Crippen LogP contribution in [-0.2, 0) is 11.3 Å². The van der Waals surface area contributed by atoms with Crippen LogP contribution < -0.4 is 5.32 Å². The molecule has 1 aromatic carbocycles. The SMILES string of the molecule is C/C(=C/C(=O)NCC(C)Cn1nc(C)cc1C)c1ccccc1Cl. The van der Waals surface area contributed by atoms with Crippen LogP contribution in [0.3, 0.4) is 0 Å². The maximum Gasteiger partial charge on any atom is 0.244 e. The third kappa shape index (κ3) is 4.96. The largest absolute Gasteiger partial charge is 0.352 e. The first kappa shape index (κ1) is 18.3. The normalized spacial score (nSPS) is 13.0. The fourth-order valence-corrected chi connectivity index (χ4v) is 2.89. The molecule has 128 valence electrons. The van der Waals surface area contributed by atoms with Crippen LogP contribution in [-0.4, -0.2) is 22.2 Å². The molecule has 5 heteroatoms. The molecule has 2 rings (SSSR count). The summed E-state index contributed by atoms with van der Waals surface area (Å²) in [6.45, 7) is 9.40. The van der Waals surface area contributed by atoms with Gasteiger partial charge in [0.25, 0.3) is 0 Å². The number of rotatable bonds is 6. The monoisotopic (exact) mass is 345 g/mol. The summed E-state index contributed by atoms with van der Waals surface area (Å²) in [5.41, 5.74) is 3.89. The summed E-state index contributed by atoms with van der Waals surface area (Å²) in [5.74, 6) is 0.189. The first-order valence-corrected chi connectivity index (χ1v) is 8.46. The van der Waals surface area contributed by atoms with Crippen LogP contribution in [0.1, 0.15) is 30.8 Å². The fraction of sp³-hybridized carbons (Fsp3) is 0.368. The number of nitrogens with zero attached hydrogens (tertiary/aromatic N) is 2. The van der Waals surface area contributed by atoms with Crippen LogP contribution in [0.2, 0.25) is 5.02 Å². The van der Waals surface area contributed by atoms with Crippen LogP contribution in [0.4, 0.5) is 0 Å². The van der Waals surface area contributed by atoms with E-state index in [4.69, 9.17) is 11.6 Å². The van der Waals surface area contributed by atoms with Gasteiger partial charge >= 0.3 is 0 Å². The molecule has 0 saturated heterocycles. The molecule has 0 spiro atoms. The van der Waals surface area contributed by atoms with E-state index < -0.39 is 0 Å². The number of carbonyl (C=O) groups excluding carboxylic acids is 1. The van der Waals surface area contributed by atoms with Crippen molar-refractivity contribution in [1.29, 1.82) is 0 Å². The molecule has 1 N–H and O–H groups in total.